The fourth-order valence-electron chi connectivity index (χ4n) is 1.06. The summed E-state index contributed by atoms with van der Waals surface area (Å²) < 4.78 is 48.8. The molecule has 1 N–H and O–H groups in total. The van der Waals surface area contributed by atoms with Gasteiger partial charge in [0, 0.05) is 0 Å². The van der Waals surface area contributed by atoms with E-state index in [0.29, 0.717) is 5.41 Å². The zero-order valence-corrected chi connectivity index (χ0v) is 11.7. The summed E-state index contributed by atoms with van der Waals surface area (Å²) in [6.07, 6.45) is 0.968. The van der Waals surface area contributed by atoms with E-state index in [-0.39, 0.29) is 0 Å². The average molecular weight is 297 g/mol. The molecule has 0 heterocycles. The highest BCUT2D eigenvalue weighted by Crippen LogP contribution is 2.11. The van der Waals surface area contributed by atoms with E-state index in [1.807, 2.05) is 0 Å². The predicted octanol–water partition coefficient (Wildman–Crippen LogP) is -0.113. The van der Waals surface area contributed by atoms with Gasteiger partial charge < -0.3 is 5.32 Å². The summed E-state index contributed by atoms with van der Waals surface area (Å²) in [4.78, 5) is 11.1. The Hall–Kier alpha value is -1.19. The molecular formula is C9H15NO6S2. The van der Waals surface area contributed by atoms with Crippen LogP contribution >= 0.6 is 0 Å². The molecule has 0 atom stereocenters. The lowest BCUT2D eigenvalue weighted by molar-refractivity contribution is -0.117. The highest BCUT2D eigenvalue weighted by molar-refractivity contribution is 8.01. The summed E-state index contributed by atoms with van der Waals surface area (Å²) in [5.74, 6) is -1.30. The Bertz CT molecular complexity index is 544. The van der Waals surface area contributed by atoms with E-state index in [1.54, 1.807) is 0 Å². The number of carbonyl (C=O) groups excluding carboxylic acids is 1. The quantitative estimate of drug-likeness (QED) is 0.657. The topological polar surface area (TPSA) is 107 Å². The van der Waals surface area contributed by atoms with Crippen LogP contribution in [0.3, 0.4) is 0 Å². The van der Waals surface area contributed by atoms with Gasteiger partial charge in [0.1, 0.15) is 0 Å². The second-order valence-electron chi connectivity index (χ2n) is 4.01. The molecule has 104 valence electrons. The lowest BCUT2D eigenvalue weighted by Gasteiger charge is -2.24. The van der Waals surface area contributed by atoms with E-state index in [9.17, 15) is 21.6 Å². The van der Waals surface area contributed by atoms with Crippen molar-refractivity contribution in [1.82, 2.24) is 5.32 Å². The Morgan fingerprint density at radius 2 is 1.78 bits per heavy atom. The molecule has 0 unspecified atom stereocenters. The summed E-state index contributed by atoms with van der Waals surface area (Å²) in [6.45, 7) is 8.92. The van der Waals surface area contributed by atoms with Crippen LogP contribution in [-0.4, -0.2) is 34.0 Å². The van der Waals surface area contributed by atoms with Crippen LogP contribution in [0, 0.1) is 0 Å². The summed E-state index contributed by atoms with van der Waals surface area (Å²) in [5.41, 5.74) is -1.21. The Morgan fingerprint density at radius 1 is 1.28 bits per heavy atom. The van der Waals surface area contributed by atoms with Crippen LogP contribution in [0.15, 0.2) is 24.6 Å². The van der Waals surface area contributed by atoms with Crippen molar-refractivity contribution in [2.45, 2.75) is 19.4 Å². The molecule has 9 heteroatoms. The van der Waals surface area contributed by atoms with Gasteiger partial charge in [0.25, 0.3) is 10.1 Å². The minimum Gasteiger partial charge on any atom is -0.347 e. The smallest absolute Gasteiger partial charge is 0.303 e. The van der Waals surface area contributed by atoms with Crippen molar-refractivity contribution in [2.75, 3.05) is 5.75 Å². The number of hydrogen-bond donors (Lipinski definition) is 1. The molecule has 1 amide bonds. The highest BCUT2D eigenvalue weighted by Gasteiger charge is 2.30. The molecule has 0 aliphatic rings. The first-order valence-electron chi connectivity index (χ1n) is 4.69. The van der Waals surface area contributed by atoms with Gasteiger partial charge in [0.05, 0.1) is 16.7 Å². The third-order valence-corrected chi connectivity index (χ3v) is 4.66. The number of amides is 1. The van der Waals surface area contributed by atoms with Crippen molar-refractivity contribution in [1.29, 1.82) is 0 Å². The standard InChI is InChI=1S/C9H15NO6S2/c1-5-8(11)10-9(3,4)7-18(14,15)16-17(12,13)6-2/h5-6H,1-2,7H2,3-4H3,(H,10,11). The fourth-order valence-corrected chi connectivity index (χ4v) is 3.59. The maximum atomic E-state index is 11.5. The molecule has 0 aromatic heterocycles. The maximum absolute atomic E-state index is 11.5. The van der Waals surface area contributed by atoms with E-state index in [4.69, 9.17) is 0 Å². The van der Waals surface area contributed by atoms with Crippen molar-refractivity contribution in [3.05, 3.63) is 24.6 Å². The van der Waals surface area contributed by atoms with Crippen molar-refractivity contribution in [2.24, 2.45) is 0 Å². The van der Waals surface area contributed by atoms with Crippen molar-refractivity contribution in [3.8, 4) is 0 Å². The van der Waals surface area contributed by atoms with Crippen LogP contribution in [-0.2, 0) is 28.7 Å². The van der Waals surface area contributed by atoms with E-state index >= 15 is 0 Å². The average Bonchev–Trinajstić information content (AvgIpc) is 2.13. The zero-order valence-electron chi connectivity index (χ0n) is 10.0. The first kappa shape index (κ1) is 16.8. The fraction of sp³-hybridized carbons (Fsp3) is 0.444. The van der Waals surface area contributed by atoms with Gasteiger partial charge in [-0.3, -0.25) is 4.79 Å². The van der Waals surface area contributed by atoms with Crippen molar-refractivity contribution in [3.63, 3.8) is 0 Å². The Balaban J connectivity index is 4.93. The van der Waals surface area contributed by atoms with Gasteiger partial charge >= 0.3 is 10.1 Å². The number of rotatable bonds is 7. The summed E-state index contributed by atoms with van der Waals surface area (Å²) in [7, 11) is -8.71. The lowest BCUT2D eigenvalue weighted by atomic mass is 10.1. The van der Waals surface area contributed by atoms with Gasteiger partial charge in [-0.1, -0.05) is 13.2 Å². The predicted molar refractivity (Wildman–Crippen MR) is 66.4 cm³/mol. The molecule has 0 bridgehead atoms. The van der Waals surface area contributed by atoms with Crippen LogP contribution < -0.4 is 5.32 Å². The summed E-state index contributed by atoms with van der Waals surface area (Å²) in [5, 5.41) is 2.70. The van der Waals surface area contributed by atoms with Gasteiger partial charge in [-0.05, 0) is 19.9 Å². The third kappa shape index (κ3) is 6.52. The highest BCUT2D eigenvalue weighted by atomic mass is 32.3. The molecule has 0 aliphatic heterocycles. The summed E-state index contributed by atoms with van der Waals surface area (Å²) >= 11 is 0. The summed E-state index contributed by atoms with van der Waals surface area (Å²) in [6, 6.07) is 0. The van der Waals surface area contributed by atoms with Crippen LogP contribution in [0.1, 0.15) is 13.8 Å². The van der Waals surface area contributed by atoms with Gasteiger partial charge in [-0.25, -0.2) is 0 Å². The molecule has 18 heavy (non-hydrogen) atoms. The first-order valence-corrected chi connectivity index (χ1v) is 7.74. The minimum absolute atomic E-state index is 0.375. The first-order chi connectivity index (χ1) is 7.93. The van der Waals surface area contributed by atoms with Gasteiger partial charge in [-0.15, -0.1) is 3.63 Å². The molecule has 0 aromatic carbocycles. The van der Waals surface area contributed by atoms with Crippen LogP contribution in [0.2, 0.25) is 0 Å². The van der Waals surface area contributed by atoms with E-state index in [1.165, 1.54) is 13.8 Å². The third-order valence-electron chi connectivity index (χ3n) is 1.59. The Morgan fingerprint density at radius 3 is 2.17 bits per heavy atom. The van der Waals surface area contributed by atoms with Crippen molar-refractivity contribution >= 4 is 26.1 Å². The Kier molecular flexibility index (Phi) is 5.26. The molecule has 0 aliphatic carbocycles. The molecule has 7 nitrogen and oxygen atoms in total. The molecule has 0 rings (SSSR count). The van der Waals surface area contributed by atoms with Crippen LogP contribution in [0.5, 0.6) is 0 Å². The molecule has 0 fully saturated rings. The molecule has 0 saturated carbocycles. The lowest BCUT2D eigenvalue weighted by Crippen LogP contribution is -2.48. The van der Waals surface area contributed by atoms with Gasteiger partial charge in [-0.2, -0.15) is 16.8 Å². The second kappa shape index (κ2) is 5.63. The second-order valence-corrected chi connectivity index (χ2v) is 7.27. The van der Waals surface area contributed by atoms with E-state index in [2.05, 4.69) is 22.1 Å². The normalized spacial score (nSPS) is 12.8. The maximum Gasteiger partial charge on any atom is 0.303 e. The SMILES string of the molecule is C=CC(=O)NC(C)(C)CS(=O)(=O)OS(=O)(=O)C=C. The zero-order chi connectivity index (χ0) is 14.6. The van der Waals surface area contributed by atoms with E-state index in [0.717, 1.165) is 6.08 Å². The number of hydrogen-bond acceptors (Lipinski definition) is 6. The molecule has 0 saturated heterocycles. The monoisotopic (exact) mass is 297 g/mol. The Labute approximate surface area is 107 Å². The number of nitrogens with one attached hydrogen (secondary N) is 1. The van der Waals surface area contributed by atoms with Crippen LogP contribution in [0.4, 0.5) is 0 Å². The molecular weight excluding hydrogens is 282 g/mol. The van der Waals surface area contributed by atoms with Gasteiger partial charge in [0.2, 0.25) is 5.91 Å². The minimum atomic E-state index is -4.37. The number of carbonyl (C=O) groups is 1. The molecule has 0 aromatic rings. The van der Waals surface area contributed by atoms with E-state index < -0.39 is 37.4 Å². The molecule has 0 spiro atoms. The molecule has 0 radical (unpaired) electrons. The van der Waals surface area contributed by atoms with Crippen molar-refractivity contribution < 1.29 is 25.3 Å². The van der Waals surface area contributed by atoms with Crippen LogP contribution in [0.25, 0.3) is 0 Å². The largest absolute Gasteiger partial charge is 0.347 e. The van der Waals surface area contributed by atoms with Gasteiger partial charge in [0.15, 0.2) is 0 Å².